The molecule has 0 bridgehead atoms. The van der Waals surface area contributed by atoms with E-state index in [1.54, 1.807) is 12.1 Å². The van der Waals surface area contributed by atoms with Crippen LogP contribution in [0, 0.1) is 23.6 Å². The third-order valence-electron chi connectivity index (χ3n) is 6.27. The van der Waals surface area contributed by atoms with Crippen LogP contribution in [0.3, 0.4) is 0 Å². The van der Waals surface area contributed by atoms with Gasteiger partial charge in [0.25, 0.3) is 5.56 Å². The number of alkyl halides is 1. The second-order valence-electron chi connectivity index (χ2n) is 9.37. The molecule has 2 fully saturated rings. The van der Waals surface area contributed by atoms with Crippen LogP contribution in [0.4, 0.5) is 8.78 Å². The molecule has 5 rings (SSSR count). The van der Waals surface area contributed by atoms with Crippen LogP contribution in [0.5, 0.6) is 0 Å². The van der Waals surface area contributed by atoms with Crippen molar-refractivity contribution in [3.8, 4) is 23.0 Å². The number of aromatic nitrogens is 2. The highest BCUT2D eigenvalue weighted by molar-refractivity contribution is 9.10. The van der Waals surface area contributed by atoms with E-state index in [0.717, 1.165) is 12.8 Å². The summed E-state index contributed by atoms with van der Waals surface area (Å²) in [6, 6.07) is 4.44. The fraction of sp³-hybridized carbons (Fsp3) is 0.400. The Hall–Kier alpha value is -2.61. The van der Waals surface area contributed by atoms with Crippen LogP contribution < -0.4 is 5.56 Å². The molecule has 1 amide bonds. The van der Waals surface area contributed by atoms with E-state index in [-0.39, 0.29) is 35.4 Å². The molecule has 3 heterocycles. The summed E-state index contributed by atoms with van der Waals surface area (Å²) in [4.78, 5) is 32.8. The van der Waals surface area contributed by atoms with E-state index in [0.29, 0.717) is 33.2 Å². The molecule has 2 aromatic heterocycles. The van der Waals surface area contributed by atoms with Crippen molar-refractivity contribution < 1.29 is 18.7 Å². The topological polar surface area (TPSA) is 75.4 Å². The van der Waals surface area contributed by atoms with Gasteiger partial charge in [0.15, 0.2) is 0 Å². The molecule has 1 saturated heterocycles. The Kier molecular flexibility index (Phi) is 6.28. The minimum atomic E-state index is -1.40. The lowest BCUT2D eigenvalue weighted by atomic mass is 9.99. The van der Waals surface area contributed by atoms with Crippen molar-refractivity contribution >= 4 is 43.4 Å². The maximum Gasteiger partial charge on any atom is 0.263 e. The largest absolute Gasteiger partial charge is 0.392 e. The Labute approximate surface area is 212 Å². The highest BCUT2D eigenvalue weighted by Crippen LogP contribution is 2.37. The lowest BCUT2D eigenvalue weighted by Crippen LogP contribution is -2.60. The van der Waals surface area contributed by atoms with Gasteiger partial charge in [-0.05, 0) is 59.3 Å². The van der Waals surface area contributed by atoms with E-state index in [1.165, 1.54) is 40.1 Å². The second kappa shape index (κ2) is 9.12. The number of hydrogen-bond donors (Lipinski definition) is 1. The Morgan fingerprint density at radius 2 is 2.14 bits per heavy atom. The number of nitrogens with zero attached hydrogens (tertiary/aromatic N) is 3. The first-order valence-corrected chi connectivity index (χ1v) is 12.8. The van der Waals surface area contributed by atoms with Gasteiger partial charge < -0.3 is 10.0 Å². The van der Waals surface area contributed by atoms with E-state index in [1.807, 2.05) is 0 Å². The summed E-state index contributed by atoms with van der Waals surface area (Å²) in [6.45, 7) is 1.17. The zero-order valence-corrected chi connectivity index (χ0v) is 21.3. The number of likely N-dealkylation sites (tertiary alicyclic amines) is 1. The van der Waals surface area contributed by atoms with Gasteiger partial charge in [-0.2, -0.15) is 0 Å². The van der Waals surface area contributed by atoms with E-state index in [2.05, 4.69) is 32.8 Å². The number of rotatable bonds is 5. The molecule has 3 aromatic rings. The smallest absolute Gasteiger partial charge is 0.263 e. The first-order valence-electron chi connectivity index (χ1n) is 11.2. The molecule has 1 N–H and O–H groups in total. The van der Waals surface area contributed by atoms with Crippen molar-refractivity contribution in [2.24, 2.45) is 5.92 Å². The van der Waals surface area contributed by atoms with E-state index >= 15 is 0 Å². The predicted molar refractivity (Wildman–Crippen MR) is 133 cm³/mol. The van der Waals surface area contributed by atoms with Gasteiger partial charge in [0, 0.05) is 12.0 Å². The van der Waals surface area contributed by atoms with Gasteiger partial charge in [-0.15, -0.1) is 11.3 Å². The lowest BCUT2D eigenvalue weighted by Gasteiger charge is -2.42. The van der Waals surface area contributed by atoms with Crippen LogP contribution in [0.15, 0.2) is 33.8 Å². The molecule has 1 saturated carbocycles. The molecule has 1 aliphatic carbocycles. The maximum atomic E-state index is 13.9. The number of aliphatic hydroxyl groups is 1. The normalized spacial score (nSPS) is 17.6. The third-order valence-corrected chi connectivity index (χ3v) is 7.89. The highest BCUT2D eigenvalue weighted by atomic mass is 79.9. The van der Waals surface area contributed by atoms with Crippen molar-refractivity contribution in [3.05, 3.63) is 50.0 Å². The SMILES string of the molecule is CC1(F)CN(C(=O)Cn2cnc3sc(C#CCC(O)C4CC4)c(-c4ccc(F)c(Br)c4)c3c2=O)C1. The number of carbonyl (C=O) groups is 1. The quantitative estimate of drug-likeness (QED) is 0.476. The van der Waals surface area contributed by atoms with Crippen molar-refractivity contribution in [2.45, 2.75) is 44.5 Å². The molecule has 35 heavy (non-hydrogen) atoms. The fourth-order valence-corrected chi connectivity index (χ4v) is 5.62. The Balaban J connectivity index is 1.55. The average molecular weight is 562 g/mol. The number of halogens is 3. The molecule has 0 spiro atoms. The van der Waals surface area contributed by atoms with E-state index in [9.17, 15) is 23.5 Å². The van der Waals surface area contributed by atoms with Crippen LogP contribution in [0.2, 0.25) is 0 Å². The summed E-state index contributed by atoms with van der Waals surface area (Å²) >= 11 is 4.43. The zero-order valence-electron chi connectivity index (χ0n) is 18.9. The lowest BCUT2D eigenvalue weighted by molar-refractivity contribution is -0.144. The minimum absolute atomic E-state index is 0.00396. The van der Waals surface area contributed by atoms with Gasteiger partial charge in [-0.3, -0.25) is 14.2 Å². The summed E-state index contributed by atoms with van der Waals surface area (Å²) in [7, 11) is 0. The average Bonchev–Trinajstić information content (AvgIpc) is 3.57. The Morgan fingerprint density at radius 3 is 2.80 bits per heavy atom. The van der Waals surface area contributed by atoms with E-state index in [4.69, 9.17) is 0 Å². The maximum absolute atomic E-state index is 13.9. The van der Waals surface area contributed by atoms with Gasteiger partial charge in [-0.1, -0.05) is 17.9 Å². The Bertz CT molecular complexity index is 1440. The molecule has 1 aromatic carbocycles. The number of amides is 1. The minimum Gasteiger partial charge on any atom is -0.392 e. The molecule has 2 aliphatic rings. The molecule has 0 radical (unpaired) electrons. The van der Waals surface area contributed by atoms with Crippen molar-refractivity contribution in [3.63, 3.8) is 0 Å². The molecular formula is C25H22BrF2N3O3S. The van der Waals surface area contributed by atoms with Crippen molar-refractivity contribution in [2.75, 3.05) is 13.1 Å². The molecule has 1 aliphatic heterocycles. The van der Waals surface area contributed by atoms with Crippen molar-refractivity contribution in [1.82, 2.24) is 14.5 Å². The predicted octanol–water partition coefficient (Wildman–Crippen LogP) is 4.11. The van der Waals surface area contributed by atoms with Gasteiger partial charge >= 0.3 is 0 Å². The number of benzene rings is 1. The standard InChI is InChI=1S/C25H22BrF2N3O3S/c1-25(28)11-31(12-25)20(33)10-30-13-29-23-22(24(30)34)21(15-7-8-17(27)16(26)9-15)19(35-23)4-2-3-18(32)14-5-6-14/h7-9,13-14,18,32H,3,5-6,10-12H2,1H3. The van der Waals surface area contributed by atoms with Crippen LogP contribution in [0.1, 0.15) is 31.1 Å². The number of carbonyl (C=O) groups excluding carboxylic acids is 1. The summed E-state index contributed by atoms with van der Waals surface area (Å²) in [6.07, 6.45) is 3.16. The molecule has 1 atom stereocenters. The van der Waals surface area contributed by atoms with Gasteiger partial charge in [0.05, 0.1) is 40.3 Å². The summed E-state index contributed by atoms with van der Waals surface area (Å²) in [5.74, 6) is 5.59. The highest BCUT2D eigenvalue weighted by Gasteiger charge is 2.41. The fourth-order valence-electron chi connectivity index (χ4n) is 4.21. The second-order valence-corrected chi connectivity index (χ2v) is 11.2. The van der Waals surface area contributed by atoms with Crippen LogP contribution in [0.25, 0.3) is 21.3 Å². The van der Waals surface area contributed by atoms with Crippen LogP contribution >= 0.6 is 27.3 Å². The van der Waals surface area contributed by atoms with Gasteiger partial charge in [0.1, 0.15) is 22.9 Å². The monoisotopic (exact) mass is 561 g/mol. The number of aliphatic hydroxyl groups excluding tert-OH is 1. The van der Waals surface area contributed by atoms with Gasteiger partial charge in [-0.25, -0.2) is 13.8 Å². The number of fused-ring (bicyclic) bond motifs is 1. The number of hydrogen-bond acceptors (Lipinski definition) is 5. The molecule has 6 nitrogen and oxygen atoms in total. The van der Waals surface area contributed by atoms with Crippen LogP contribution in [-0.4, -0.2) is 50.3 Å². The molecule has 182 valence electrons. The summed E-state index contributed by atoms with van der Waals surface area (Å²) < 4.78 is 29.2. The summed E-state index contributed by atoms with van der Waals surface area (Å²) in [5, 5.41) is 10.4. The zero-order chi connectivity index (χ0) is 24.9. The molecule has 10 heteroatoms. The third kappa shape index (κ3) is 4.90. The van der Waals surface area contributed by atoms with Crippen LogP contribution in [-0.2, 0) is 11.3 Å². The Morgan fingerprint density at radius 1 is 1.40 bits per heavy atom. The first-order chi connectivity index (χ1) is 16.6. The summed E-state index contributed by atoms with van der Waals surface area (Å²) in [5.41, 5.74) is -0.737. The van der Waals surface area contributed by atoms with Crippen molar-refractivity contribution in [1.29, 1.82) is 0 Å². The first kappa shape index (κ1) is 24.1. The van der Waals surface area contributed by atoms with Gasteiger partial charge in [0.2, 0.25) is 5.91 Å². The number of thiophene rings is 1. The molecular weight excluding hydrogens is 540 g/mol. The van der Waals surface area contributed by atoms with E-state index < -0.39 is 23.1 Å². The molecule has 1 unspecified atom stereocenters.